The van der Waals surface area contributed by atoms with Gasteiger partial charge in [-0.2, -0.15) is 4.98 Å². The smallest absolute Gasteiger partial charge is 0.406 e. The van der Waals surface area contributed by atoms with E-state index < -0.39 is 12.4 Å². The summed E-state index contributed by atoms with van der Waals surface area (Å²) in [4.78, 5) is 22.6. The number of benzene rings is 1. The first-order valence-corrected chi connectivity index (χ1v) is 8.51. The lowest BCUT2D eigenvalue weighted by atomic mass is 10.2. The largest absolute Gasteiger partial charge is 0.573 e. The highest BCUT2D eigenvalue weighted by atomic mass is 19.4. The second-order valence-corrected chi connectivity index (χ2v) is 6.09. The van der Waals surface area contributed by atoms with Gasteiger partial charge in [-0.25, -0.2) is 9.78 Å². The van der Waals surface area contributed by atoms with Crippen LogP contribution in [-0.4, -0.2) is 48.5 Å². The number of nitrogens with one attached hydrogen (secondary N) is 3. The summed E-state index contributed by atoms with van der Waals surface area (Å²) in [5.74, 6) is 0.935. The van der Waals surface area contributed by atoms with Crippen molar-refractivity contribution >= 4 is 23.5 Å². The first-order valence-electron chi connectivity index (χ1n) is 8.51. The third kappa shape index (κ3) is 5.38. The molecule has 11 heteroatoms. The molecule has 1 atom stereocenters. The molecule has 0 saturated carbocycles. The summed E-state index contributed by atoms with van der Waals surface area (Å²) in [6.07, 6.45) is -2.35. The summed E-state index contributed by atoms with van der Waals surface area (Å²) in [5, 5.41) is 8.32. The Balaban J connectivity index is 1.50. The van der Waals surface area contributed by atoms with Crippen LogP contribution in [0.3, 0.4) is 0 Å². The van der Waals surface area contributed by atoms with Crippen LogP contribution >= 0.6 is 0 Å². The van der Waals surface area contributed by atoms with Crippen LogP contribution in [0, 0.1) is 0 Å². The van der Waals surface area contributed by atoms with Gasteiger partial charge in [-0.05, 0) is 36.8 Å². The predicted molar refractivity (Wildman–Crippen MR) is 97.5 cm³/mol. The number of halogens is 3. The van der Waals surface area contributed by atoms with Gasteiger partial charge in [0.1, 0.15) is 11.6 Å². The molecule has 1 saturated heterocycles. The van der Waals surface area contributed by atoms with Gasteiger partial charge >= 0.3 is 12.4 Å². The standard InChI is InChI=1S/C17H19F3N6O2/c1-21-15-22-8-6-14(25-15)26-9-7-12(10-26)24-16(27)23-11-2-4-13(5-3-11)28-17(18,19)20/h2-6,8,12H,7,9-10H2,1H3,(H,21,22,25)(H2,23,24,27)/t12-/m1/s1. The first kappa shape index (κ1) is 19.5. The molecule has 3 rings (SSSR count). The van der Waals surface area contributed by atoms with E-state index in [-0.39, 0.29) is 11.8 Å². The fraction of sp³-hybridized carbons (Fsp3) is 0.353. The zero-order valence-electron chi connectivity index (χ0n) is 15.0. The van der Waals surface area contributed by atoms with Gasteiger partial charge in [-0.15, -0.1) is 13.2 Å². The number of ether oxygens (including phenoxy) is 1. The minimum atomic E-state index is -4.75. The highest BCUT2D eigenvalue weighted by Gasteiger charge is 2.31. The molecule has 2 heterocycles. The quantitative estimate of drug-likeness (QED) is 0.720. The molecule has 1 fully saturated rings. The highest BCUT2D eigenvalue weighted by Crippen LogP contribution is 2.24. The van der Waals surface area contributed by atoms with E-state index in [0.717, 1.165) is 30.9 Å². The van der Waals surface area contributed by atoms with Crippen molar-refractivity contribution in [1.29, 1.82) is 0 Å². The molecular weight excluding hydrogens is 377 g/mol. The molecular formula is C17H19F3N6O2. The Labute approximate surface area is 159 Å². The van der Waals surface area contributed by atoms with Crippen LogP contribution < -0.4 is 25.6 Å². The maximum Gasteiger partial charge on any atom is 0.573 e. The Hall–Kier alpha value is -3.24. The summed E-state index contributed by atoms with van der Waals surface area (Å²) in [6, 6.07) is 6.22. The average molecular weight is 396 g/mol. The van der Waals surface area contributed by atoms with Crippen molar-refractivity contribution in [3.05, 3.63) is 36.5 Å². The van der Waals surface area contributed by atoms with E-state index in [2.05, 4.69) is 30.7 Å². The summed E-state index contributed by atoms with van der Waals surface area (Å²) < 4.78 is 40.3. The second kappa shape index (κ2) is 8.19. The Kier molecular flexibility index (Phi) is 5.71. The van der Waals surface area contributed by atoms with E-state index >= 15 is 0 Å². The fourth-order valence-corrected chi connectivity index (χ4v) is 2.82. The van der Waals surface area contributed by atoms with Gasteiger partial charge in [0, 0.05) is 38.1 Å². The van der Waals surface area contributed by atoms with Crippen molar-refractivity contribution in [2.24, 2.45) is 0 Å². The summed E-state index contributed by atoms with van der Waals surface area (Å²) in [5.41, 5.74) is 0.358. The van der Waals surface area contributed by atoms with Crippen LogP contribution in [0.5, 0.6) is 5.75 Å². The second-order valence-electron chi connectivity index (χ2n) is 6.09. The Morgan fingerprint density at radius 3 is 2.68 bits per heavy atom. The molecule has 0 bridgehead atoms. The van der Waals surface area contributed by atoms with Crippen LogP contribution in [0.1, 0.15) is 6.42 Å². The van der Waals surface area contributed by atoms with Crippen LogP contribution in [0.2, 0.25) is 0 Å². The molecule has 0 aliphatic carbocycles. The van der Waals surface area contributed by atoms with Gasteiger partial charge in [0.05, 0.1) is 0 Å². The Morgan fingerprint density at radius 2 is 2.00 bits per heavy atom. The monoisotopic (exact) mass is 396 g/mol. The number of hydrogen-bond acceptors (Lipinski definition) is 6. The van der Waals surface area contributed by atoms with Gasteiger partial charge in [-0.1, -0.05) is 0 Å². The van der Waals surface area contributed by atoms with Crippen molar-refractivity contribution in [1.82, 2.24) is 15.3 Å². The molecule has 1 aliphatic heterocycles. The number of nitrogens with zero attached hydrogens (tertiary/aromatic N) is 3. The molecule has 150 valence electrons. The van der Waals surface area contributed by atoms with E-state index in [0.29, 0.717) is 18.2 Å². The average Bonchev–Trinajstić information content (AvgIpc) is 3.10. The third-order valence-corrected chi connectivity index (χ3v) is 4.06. The van der Waals surface area contributed by atoms with Crippen LogP contribution in [0.4, 0.5) is 35.4 Å². The third-order valence-electron chi connectivity index (χ3n) is 4.06. The molecule has 2 amide bonds. The fourth-order valence-electron chi connectivity index (χ4n) is 2.82. The van der Waals surface area contributed by atoms with Crippen molar-refractivity contribution < 1.29 is 22.7 Å². The molecule has 3 N–H and O–H groups in total. The van der Waals surface area contributed by atoms with Gasteiger partial charge in [0.15, 0.2) is 0 Å². The Bertz CT molecular complexity index is 815. The molecule has 2 aromatic rings. The SMILES string of the molecule is CNc1nccc(N2CC[C@@H](NC(=O)Nc3ccc(OC(F)(F)F)cc3)C2)n1. The number of carbonyl (C=O) groups excluding carboxylic acids is 1. The van der Waals surface area contributed by atoms with Crippen molar-refractivity contribution in [2.75, 3.05) is 35.7 Å². The van der Waals surface area contributed by atoms with E-state index in [1.54, 1.807) is 19.3 Å². The minimum Gasteiger partial charge on any atom is -0.406 e. The Morgan fingerprint density at radius 1 is 1.25 bits per heavy atom. The topological polar surface area (TPSA) is 91.4 Å². The molecule has 28 heavy (non-hydrogen) atoms. The molecule has 8 nitrogen and oxygen atoms in total. The molecule has 0 spiro atoms. The zero-order valence-corrected chi connectivity index (χ0v) is 15.0. The maximum atomic E-state index is 12.2. The van der Waals surface area contributed by atoms with Gasteiger partial charge in [0.2, 0.25) is 5.95 Å². The summed E-state index contributed by atoms with van der Waals surface area (Å²) >= 11 is 0. The van der Waals surface area contributed by atoms with E-state index in [9.17, 15) is 18.0 Å². The van der Waals surface area contributed by atoms with Crippen molar-refractivity contribution in [3.63, 3.8) is 0 Å². The number of alkyl halides is 3. The molecule has 1 aliphatic rings. The highest BCUT2D eigenvalue weighted by molar-refractivity contribution is 5.89. The van der Waals surface area contributed by atoms with Crippen LogP contribution in [0.25, 0.3) is 0 Å². The normalized spacial score (nSPS) is 16.6. The number of carbonyl (C=O) groups is 1. The summed E-state index contributed by atoms with van der Waals surface area (Å²) in [6.45, 7) is 1.32. The maximum absolute atomic E-state index is 12.2. The summed E-state index contributed by atoms with van der Waals surface area (Å²) in [7, 11) is 1.74. The van der Waals surface area contributed by atoms with Gasteiger partial charge in [-0.3, -0.25) is 0 Å². The molecule has 0 unspecified atom stereocenters. The van der Waals surface area contributed by atoms with Crippen molar-refractivity contribution in [2.45, 2.75) is 18.8 Å². The molecule has 0 radical (unpaired) electrons. The van der Waals surface area contributed by atoms with E-state index in [1.807, 2.05) is 4.90 Å². The van der Waals surface area contributed by atoms with Crippen molar-refractivity contribution in [3.8, 4) is 5.75 Å². The number of anilines is 3. The van der Waals surface area contributed by atoms with Crippen LogP contribution in [0.15, 0.2) is 36.5 Å². The zero-order chi connectivity index (χ0) is 20.1. The number of hydrogen-bond donors (Lipinski definition) is 3. The van der Waals surface area contributed by atoms with E-state index in [4.69, 9.17) is 0 Å². The van der Waals surface area contributed by atoms with Gasteiger partial charge in [0.25, 0.3) is 0 Å². The number of rotatable bonds is 5. The number of aromatic nitrogens is 2. The number of urea groups is 1. The lowest BCUT2D eigenvalue weighted by Crippen LogP contribution is -2.39. The molecule has 1 aromatic carbocycles. The lowest BCUT2D eigenvalue weighted by molar-refractivity contribution is -0.274. The number of amides is 2. The van der Waals surface area contributed by atoms with Crippen LogP contribution in [-0.2, 0) is 0 Å². The van der Waals surface area contributed by atoms with Gasteiger partial charge < -0.3 is 25.6 Å². The predicted octanol–water partition coefficient (Wildman–Crippen LogP) is 2.82. The minimum absolute atomic E-state index is 0.0826. The lowest BCUT2D eigenvalue weighted by Gasteiger charge is -2.18. The first-order chi connectivity index (χ1) is 13.3. The van der Waals surface area contributed by atoms with E-state index in [1.165, 1.54) is 12.1 Å². The molecule has 1 aromatic heterocycles.